The Hall–Kier alpha value is -2.61. The van der Waals surface area contributed by atoms with Crippen LogP contribution in [0, 0.1) is 0 Å². The average Bonchev–Trinajstić information content (AvgIpc) is 2.64. The number of alkyl carbamates (subject to hydrolysis) is 1. The summed E-state index contributed by atoms with van der Waals surface area (Å²) in [6, 6.07) is 8.16. The second kappa shape index (κ2) is 11.0. The SMILES string of the molecule is COC(=O)[C@H](CCC[C@H](O)C(=O)OC)NC(=O)OCc1ccccc1. The molecule has 8 nitrogen and oxygen atoms in total. The second-order valence-corrected chi connectivity index (χ2v) is 5.25. The average molecular weight is 353 g/mol. The molecule has 2 N–H and O–H groups in total. The molecule has 1 aromatic carbocycles. The van der Waals surface area contributed by atoms with Crippen molar-refractivity contribution in [1.29, 1.82) is 0 Å². The number of methoxy groups -OCH3 is 2. The number of nitrogens with one attached hydrogen (secondary N) is 1. The normalized spacial score (nSPS) is 12.6. The Morgan fingerprint density at radius 1 is 1.04 bits per heavy atom. The number of rotatable bonds is 9. The van der Waals surface area contributed by atoms with Crippen LogP contribution in [0.15, 0.2) is 30.3 Å². The van der Waals surface area contributed by atoms with Crippen molar-refractivity contribution in [2.75, 3.05) is 14.2 Å². The van der Waals surface area contributed by atoms with Crippen LogP contribution in [-0.2, 0) is 30.4 Å². The van der Waals surface area contributed by atoms with Gasteiger partial charge < -0.3 is 24.6 Å². The van der Waals surface area contributed by atoms with E-state index in [4.69, 9.17) is 4.74 Å². The van der Waals surface area contributed by atoms with Crippen molar-refractivity contribution in [3.63, 3.8) is 0 Å². The van der Waals surface area contributed by atoms with Crippen molar-refractivity contribution in [1.82, 2.24) is 5.32 Å². The van der Waals surface area contributed by atoms with Gasteiger partial charge in [0, 0.05) is 0 Å². The molecule has 0 aromatic heterocycles. The van der Waals surface area contributed by atoms with Crippen LogP contribution in [0.5, 0.6) is 0 Å². The van der Waals surface area contributed by atoms with Gasteiger partial charge in [0.1, 0.15) is 12.6 Å². The quantitative estimate of drug-likeness (QED) is 0.506. The molecule has 1 aromatic rings. The van der Waals surface area contributed by atoms with Gasteiger partial charge in [0.15, 0.2) is 6.10 Å². The van der Waals surface area contributed by atoms with E-state index in [1.54, 1.807) is 12.1 Å². The summed E-state index contributed by atoms with van der Waals surface area (Å²) in [6.45, 7) is 0.0711. The first-order chi connectivity index (χ1) is 12.0. The maximum atomic E-state index is 11.8. The molecule has 1 amide bonds. The summed E-state index contributed by atoms with van der Waals surface area (Å²) in [6.07, 6.45) is -1.45. The number of hydrogen-bond donors (Lipinski definition) is 2. The molecule has 0 heterocycles. The monoisotopic (exact) mass is 353 g/mol. The van der Waals surface area contributed by atoms with E-state index in [0.29, 0.717) is 6.42 Å². The molecule has 25 heavy (non-hydrogen) atoms. The number of amides is 1. The molecular weight excluding hydrogens is 330 g/mol. The van der Waals surface area contributed by atoms with Crippen LogP contribution in [-0.4, -0.2) is 49.5 Å². The molecule has 0 saturated heterocycles. The van der Waals surface area contributed by atoms with E-state index in [9.17, 15) is 19.5 Å². The van der Waals surface area contributed by atoms with Gasteiger partial charge in [-0.2, -0.15) is 0 Å². The Balaban J connectivity index is 2.45. The first-order valence-electron chi connectivity index (χ1n) is 7.78. The Morgan fingerprint density at radius 2 is 1.68 bits per heavy atom. The zero-order valence-electron chi connectivity index (χ0n) is 14.3. The molecule has 1 rings (SSSR count). The molecule has 0 saturated carbocycles. The van der Waals surface area contributed by atoms with Gasteiger partial charge in [0.25, 0.3) is 0 Å². The molecule has 0 radical (unpaired) electrons. The van der Waals surface area contributed by atoms with Crippen LogP contribution in [0.2, 0.25) is 0 Å². The van der Waals surface area contributed by atoms with E-state index in [2.05, 4.69) is 14.8 Å². The summed E-state index contributed by atoms with van der Waals surface area (Å²) < 4.78 is 14.1. The Kier molecular flexibility index (Phi) is 9.02. The zero-order chi connectivity index (χ0) is 18.7. The highest BCUT2D eigenvalue weighted by atomic mass is 16.6. The van der Waals surface area contributed by atoms with Crippen LogP contribution >= 0.6 is 0 Å². The Bertz CT molecular complexity index is 561. The third-order valence-corrected chi connectivity index (χ3v) is 3.43. The Morgan fingerprint density at radius 3 is 2.28 bits per heavy atom. The number of aliphatic hydroxyl groups excluding tert-OH is 1. The van der Waals surface area contributed by atoms with E-state index in [0.717, 1.165) is 5.56 Å². The van der Waals surface area contributed by atoms with Gasteiger partial charge in [0.2, 0.25) is 0 Å². The van der Waals surface area contributed by atoms with E-state index in [1.165, 1.54) is 14.2 Å². The van der Waals surface area contributed by atoms with Crippen LogP contribution in [0.3, 0.4) is 0 Å². The lowest BCUT2D eigenvalue weighted by Crippen LogP contribution is -2.41. The summed E-state index contributed by atoms with van der Waals surface area (Å²) in [4.78, 5) is 34.7. The number of aliphatic hydroxyl groups is 1. The number of esters is 2. The van der Waals surface area contributed by atoms with Crippen molar-refractivity contribution in [3.05, 3.63) is 35.9 Å². The number of carbonyl (C=O) groups is 3. The van der Waals surface area contributed by atoms with E-state index in [-0.39, 0.29) is 19.4 Å². The lowest BCUT2D eigenvalue weighted by molar-refractivity contribution is -0.150. The molecule has 138 valence electrons. The lowest BCUT2D eigenvalue weighted by atomic mass is 10.1. The van der Waals surface area contributed by atoms with Crippen molar-refractivity contribution in [2.24, 2.45) is 0 Å². The summed E-state index contributed by atoms with van der Waals surface area (Å²) in [5.74, 6) is -1.38. The molecule has 0 aliphatic rings. The predicted molar refractivity (Wildman–Crippen MR) is 87.4 cm³/mol. The maximum absolute atomic E-state index is 11.8. The number of benzene rings is 1. The highest BCUT2D eigenvalue weighted by molar-refractivity contribution is 5.81. The van der Waals surface area contributed by atoms with Gasteiger partial charge >= 0.3 is 18.0 Å². The third-order valence-electron chi connectivity index (χ3n) is 3.43. The number of ether oxygens (including phenoxy) is 3. The molecule has 0 bridgehead atoms. The first-order valence-corrected chi connectivity index (χ1v) is 7.78. The van der Waals surface area contributed by atoms with Crippen LogP contribution in [0.1, 0.15) is 24.8 Å². The van der Waals surface area contributed by atoms with Gasteiger partial charge in [-0.05, 0) is 24.8 Å². The number of hydrogen-bond acceptors (Lipinski definition) is 7. The van der Waals surface area contributed by atoms with Gasteiger partial charge in [-0.25, -0.2) is 14.4 Å². The van der Waals surface area contributed by atoms with E-state index >= 15 is 0 Å². The number of carbonyl (C=O) groups excluding carboxylic acids is 3. The minimum absolute atomic E-state index is 0.0711. The standard InChI is InChI=1S/C17H23NO7/c1-23-15(20)13(9-6-10-14(19)16(21)24-2)18-17(22)25-11-12-7-4-3-5-8-12/h3-5,7-8,13-14,19H,6,9-11H2,1-2H3,(H,18,22)/t13-,14-/m0/s1. The van der Waals surface area contributed by atoms with Crippen molar-refractivity contribution >= 4 is 18.0 Å². The topological polar surface area (TPSA) is 111 Å². The van der Waals surface area contributed by atoms with Gasteiger partial charge in [-0.3, -0.25) is 0 Å². The van der Waals surface area contributed by atoms with Crippen molar-refractivity contribution < 1.29 is 33.7 Å². The highest BCUT2D eigenvalue weighted by Crippen LogP contribution is 2.08. The smallest absolute Gasteiger partial charge is 0.408 e. The van der Waals surface area contributed by atoms with Crippen LogP contribution < -0.4 is 5.32 Å². The largest absolute Gasteiger partial charge is 0.467 e. The summed E-state index contributed by atoms with van der Waals surface area (Å²) in [5.41, 5.74) is 0.813. The minimum atomic E-state index is -1.27. The molecule has 0 spiro atoms. The van der Waals surface area contributed by atoms with Gasteiger partial charge in [-0.1, -0.05) is 30.3 Å². The van der Waals surface area contributed by atoms with Crippen LogP contribution in [0.4, 0.5) is 4.79 Å². The fourth-order valence-electron chi connectivity index (χ4n) is 2.07. The Labute approximate surface area is 146 Å². The molecule has 2 atom stereocenters. The van der Waals surface area contributed by atoms with Crippen LogP contribution in [0.25, 0.3) is 0 Å². The highest BCUT2D eigenvalue weighted by Gasteiger charge is 2.23. The first kappa shape index (κ1) is 20.4. The molecule has 0 fully saturated rings. The van der Waals surface area contributed by atoms with Crippen molar-refractivity contribution in [3.8, 4) is 0 Å². The summed E-state index contributed by atoms with van der Waals surface area (Å²) in [5, 5.41) is 11.9. The predicted octanol–water partition coefficient (Wildman–Crippen LogP) is 1.16. The third kappa shape index (κ3) is 7.67. The minimum Gasteiger partial charge on any atom is -0.467 e. The van der Waals surface area contributed by atoms with E-state index in [1.807, 2.05) is 18.2 Å². The molecule has 0 aliphatic carbocycles. The van der Waals surface area contributed by atoms with Gasteiger partial charge in [0.05, 0.1) is 14.2 Å². The molecule has 0 aliphatic heterocycles. The molecule has 8 heteroatoms. The second-order valence-electron chi connectivity index (χ2n) is 5.25. The molecular formula is C17H23NO7. The maximum Gasteiger partial charge on any atom is 0.408 e. The zero-order valence-corrected chi connectivity index (χ0v) is 14.3. The van der Waals surface area contributed by atoms with Crippen molar-refractivity contribution in [2.45, 2.75) is 38.0 Å². The van der Waals surface area contributed by atoms with Gasteiger partial charge in [-0.15, -0.1) is 0 Å². The fourth-order valence-corrected chi connectivity index (χ4v) is 2.07. The molecule has 0 unspecified atom stereocenters. The van der Waals surface area contributed by atoms with E-state index < -0.39 is 30.2 Å². The fraction of sp³-hybridized carbons (Fsp3) is 0.471. The summed E-state index contributed by atoms with van der Waals surface area (Å²) >= 11 is 0. The summed E-state index contributed by atoms with van der Waals surface area (Å²) in [7, 11) is 2.38. The lowest BCUT2D eigenvalue weighted by Gasteiger charge is -2.17.